The molecule has 0 bridgehead atoms. The lowest BCUT2D eigenvalue weighted by molar-refractivity contribution is -0.113. The molecule has 7 nitrogen and oxygen atoms in total. The minimum absolute atomic E-state index is 0.0202. The molecular weight excluding hydrogens is 402 g/mol. The van der Waals surface area contributed by atoms with Gasteiger partial charge in [0.15, 0.2) is 5.16 Å². The van der Waals surface area contributed by atoms with E-state index in [0.717, 1.165) is 17.8 Å². The lowest BCUT2D eigenvalue weighted by Crippen LogP contribution is -2.22. The zero-order valence-electron chi connectivity index (χ0n) is 14.8. The number of nitrogens with zero attached hydrogens (tertiary/aromatic N) is 2. The average molecular weight is 418 g/mol. The average Bonchev–Trinajstić information content (AvgIpc) is 2.68. The van der Waals surface area contributed by atoms with E-state index in [1.54, 1.807) is 48.5 Å². The largest absolute Gasteiger partial charge is 0.495 e. The number of rotatable bonds is 6. The molecule has 28 heavy (non-hydrogen) atoms. The van der Waals surface area contributed by atoms with E-state index in [1.165, 1.54) is 11.7 Å². The van der Waals surface area contributed by atoms with Crippen LogP contribution in [0.3, 0.4) is 0 Å². The van der Waals surface area contributed by atoms with Crippen LogP contribution in [0.15, 0.2) is 64.5 Å². The number of aromatic hydroxyl groups is 1. The van der Waals surface area contributed by atoms with Gasteiger partial charge in [0.2, 0.25) is 11.8 Å². The summed E-state index contributed by atoms with van der Waals surface area (Å²) in [4.78, 5) is 28.7. The van der Waals surface area contributed by atoms with E-state index in [2.05, 4.69) is 10.3 Å². The smallest absolute Gasteiger partial charge is 0.262 e. The number of carbonyl (C=O) groups excluding carboxylic acids is 1. The van der Waals surface area contributed by atoms with E-state index in [-0.39, 0.29) is 16.8 Å². The Morgan fingerprint density at radius 2 is 1.96 bits per heavy atom. The number of thioether (sulfide) groups is 1. The van der Waals surface area contributed by atoms with Gasteiger partial charge in [0.05, 0.1) is 24.6 Å². The Balaban J connectivity index is 1.84. The first-order valence-electron chi connectivity index (χ1n) is 8.12. The van der Waals surface area contributed by atoms with Crippen molar-refractivity contribution >= 4 is 35.0 Å². The fourth-order valence-electron chi connectivity index (χ4n) is 2.44. The van der Waals surface area contributed by atoms with Crippen LogP contribution in [0.1, 0.15) is 0 Å². The molecule has 2 N–H and O–H groups in total. The van der Waals surface area contributed by atoms with Crippen molar-refractivity contribution in [3.63, 3.8) is 0 Å². The van der Waals surface area contributed by atoms with E-state index in [4.69, 9.17) is 16.3 Å². The fourth-order valence-corrected chi connectivity index (χ4v) is 3.38. The standard InChI is InChI=1S/C19H16ClN3O4S/c1-27-15-5-3-2-4-14(15)23-18(26)10-16(24)22-19(23)28-11-17(25)21-13-8-6-12(20)7-9-13/h2-10,24H,11H2,1H3,(H,21,25). The normalized spacial score (nSPS) is 10.5. The third-order valence-electron chi connectivity index (χ3n) is 3.66. The number of ether oxygens (including phenoxy) is 1. The van der Waals surface area contributed by atoms with E-state index in [1.807, 2.05) is 0 Å². The predicted molar refractivity (Wildman–Crippen MR) is 109 cm³/mol. The Morgan fingerprint density at radius 1 is 1.25 bits per heavy atom. The number of benzene rings is 2. The first-order valence-corrected chi connectivity index (χ1v) is 9.49. The molecule has 0 aliphatic rings. The fraction of sp³-hybridized carbons (Fsp3) is 0.105. The maximum atomic E-state index is 12.5. The number of hydrogen-bond acceptors (Lipinski definition) is 6. The molecule has 0 unspecified atom stereocenters. The van der Waals surface area contributed by atoms with Crippen LogP contribution in [0.2, 0.25) is 5.02 Å². The second-order valence-electron chi connectivity index (χ2n) is 5.59. The summed E-state index contributed by atoms with van der Waals surface area (Å²) < 4.78 is 6.60. The number of amides is 1. The van der Waals surface area contributed by atoms with Crippen molar-refractivity contribution in [2.24, 2.45) is 0 Å². The summed E-state index contributed by atoms with van der Waals surface area (Å²) in [5.74, 6) is -0.272. The Hall–Kier alpha value is -2.97. The third kappa shape index (κ3) is 4.65. The topological polar surface area (TPSA) is 93.4 Å². The van der Waals surface area contributed by atoms with Gasteiger partial charge in [0.1, 0.15) is 5.75 Å². The molecule has 2 aromatic carbocycles. The van der Waals surface area contributed by atoms with Crippen molar-refractivity contribution in [1.82, 2.24) is 9.55 Å². The van der Waals surface area contributed by atoms with Crippen LogP contribution in [-0.4, -0.2) is 33.4 Å². The summed E-state index contributed by atoms with van der Waals surface area (Å²) in [6, 6.07) is 14.6. The van der Waals surface area contributed by atoms with Crippen molar-refractivity contribution in [1.29, 1.82) is 0 Å². The number of hydrogen-bond donors (Lipinski definition) is 2. The molecule has 1 aromatic heterocycles. The third-order valence-corrected chi connectivity index (χ3v) is 4.85. The molecule has 3 rings (SSSR count). The summed E-state index contributed by atoms with van der Waals surface area (Å²) in [5.41, 5.74) is 0.571. The number of nitrogens with one attached hydrogen (secondary N) is 1. The summed E-state index contributed by atoms with van der Waals surface area (Å²) in [6.07, 6.45) is 0. The molecule has 0 radical (unpaired) electrons. The molecule has 0 saturated heterocycles. The highest BCUT2D eigenvalue weighted by atomic mass is 35.5. The Morgan fingerprint density at radius 3 is 2.68 bits per heavy atom. The number of halogens is 1. The quantitative estimate of drug-likeness (QED) is 0.472. The van der Waals surface area contributed by atoms with E-state index in [0.29, 0.717) is 22.1 Å². The van der Waals surface area contributed by atoms with Gasteiger partial charge in [-0.3, -0.25) is 14.2 Å². The zero-order valence-corrected chi connectivity index (χ0v) is 16.3. The van der Waals surface area contributed by atoms with Gasteiger partial charge in [0, 0.05) is 10.7 Å². The first-order chi connectivity index (χ1) is 13.5. The molecule has 0 fully saturated rings. The lowest BCUT2D eigenvalue weighted by atomic mass is 10.3. The van der Waals surface area contributed by atoms with Gasteiger partial charge in [0.25, 0.3) is 5.56 Å². The number of anilines is 1. The maximum absolute atomic E-state index is 12.5. The molecule has 144 valence electrons. The van der Waals surface area contributed by atoms with E-state index >= 15 is 0 Å². The van der Waals surface area contributed by atoms with Crippen molar-refractivity contribution < 1.29 is 14.6 Å². The molecule has 0 spiro atoms. The monoisotopic (exact) mass is 417 g/mol. The summed E-state index contributed by atoms with van der Waals surface area (Å²) in [5, 5.41) is 13.2. The predicted octanol–water partition coefficient (Wildman–Crippen LogP) is 3.33. The minimum atomic E-state index is -0.488. The highest BCUT2D eigenvalue weighted by molar-refractivity contribution is 7.99. The van der Waals surface area contributed by atoms with Crippen LogP contribution in [-0.2, 0) is 4.79 Å². The number of para-hydroxylation sites is 2. The second-order valence-corrected chi connectivity index (χ2v) is 6.97. The van der Waals surface area contributed by atoms with Gasteiger partial charge in [-0.15, -0.1) is 0 Å². The lowest BCUT2D eigenvalue weighted by Gasteiger charge is -2.14. The van der Waals surface area contributed by atoms with E-state index < -0.39 is 11.4 Å². The second kappa shape index (κ2) is 8.81. The molecular formula is C19H16ClN3O4S. The van der Waals surface area contributed by atoms with Gasteiger partial charge >= 0.3 is 0 Å². The van der Waals surface area contributed by atoms with Crippen LogP contribution < -0.4 is 15.6 Å². The maximum Gasteiger partial charge on any atom is 0.262 e. The number of carbonyl (C=O) groups is 1. The van der Waals surface area contributed by atoms with Crippen LogP contribution >= 0.6 is 23.4 Å². The number of aromatic nitrogens is 2. The van der Waals surface area contributed by atoms with Gasteiger partial charge in [-0.1, -0.05) is 35.5 Å². The molecule has 1 heterocycles. The van der Waals surface area contributed by atoms with Crippen LogP contribution in [0.25, 0.3) is 5.69 Å². The molecule has 9 heteroatoms. The van der Waals surface area contributed by atoms with Crippen LogP contribution in [0, 0.1) is 0 Å². The van der Waals surface area contributed by atoms with Gasteiger partial charge in [-0.25, -0.2) is 0 Å². The highest BCUT2D eigenvalue weighted by Gasteiger charge is 2.16. The summed E-state index contributed by atoms with van der Waals surface area (Å²) >= 11 is 6.85. The summed E-state index contributed by atoms with van der Waals surface area (Å²) in [7, 11) is 1.49. The van der Waals surface area contributed by atoms with Crippen molar-refractivity contribution in [2.45, 2.75) is 5.16 Å². The van der Waals surface area contributed by atoms with Crippen molar-refractivity contribution in [3.8, 4) is 17.3 Å². The molecule has 0 atom stereocenters. The molecule has 1 amide bonds. The SMILES string of the molecule is COc1ccccc1-n1c(SCC(=O)Nc2ccc(Cl)cc2)nc(O)cc1=O. The van der Waals surface area contributed by atoms with Crippen LogP contribution in [0.5, 0.6) is 11.6 Å². The van der Waals surface area contributed by atoms with Gasteiger partial charge in [-0.2, -0.15) is 4.98 Å². The van der Waals surface area contributed by atoms with Crippen molar-refractivity contribution in [3.05, 3.63) is 70.0 Å². The Labute approximate surface area is 169 Å². The molecule has 0 aliphatic carbocycles. The van der Waals surface area contributed by atoms with E-state index in [9.17, 15) is 14.7 Å². The van der Waals surface area contributed by atoms with Crippen molar-refractivity contribution in [2.75, 3.05) is 18.2 Å². The Bertz CT molecular complexity index is 1050. The first kappa shape index (κ1) is 19.8. The molecule has 0 aliphatic heterocycles. The Kier molecular flexibility index (Phi) is 6.23. The zero-order chi connectivity index (χ0) is 20.1. The van der Waals surface area contributed by atoms with Gasteiger partial charge in [-0.05, 0) is 36.4 Å². The van der Waals surface area contributed by atoms with Gasteiger partial charge < -0.3 is 15.2 Å². The molecule has 3 aromatic rings. The minimum Gasteiger partial charge on any atom is -0.495 e. The molecule has 0 saturated carbocycles. The number of methoxy groups -OCH3 is 1. The van der Waals surface area contributed by atoms with Crippen LogP contribution in [0.4, 0.5) is 5.69 Å². The highest BCUT2D eigenvalue weighted by Crippen LogP contribution is 2.26. The summed E-state index contributed by atoms with van der Waals surface area (Å²) in [6.45, 7) is 0.